The zero-order valence-corrected chi connectivity index (χ0v) is 11.9. The van der Waals surface area contributed by atoms with Crippen LogP contribution in [0.15, 0.2) is 30.6 Å². The lowest BCUT2D eigenvalue weighted by Crippen LogP contribution is -1.98. The van der Waals surface area contributed by atoms with Gasteiger partial charge in [-0.25, -0.2) is 9.67 Å². The minimum atomic E-state index is 0.838. The Hall–Kier alpha value is -2.43. The van der Waals surface area contributed by atoms with Gasteiger partial charge in [0.2, 0.25) is 0 Å². The molecule has 0 saturated carbocycles. The Morgan fingerprint density at radius 3 is 2.70 bits per heavy atom. The van der Waals surface area contributed by atoms with Crippen molar-refractivity contribution in [1.29, 1.82) is 0 Å². The van der Waals surface area contributed by atoms with Gasteiger partial charge in [-0.1, -0.05) is 0 Å². The van der Waals surface area contributed by atoms with Crippen LogP contribution in [0.2, 0.25) is 0 Å². The SMILES string of the molecule is CCNc1nn(C)c2nc(C)c(-c3ccncc3)cc12. The quantitative estimate of drug-likeness (QED) is 0.792. The van der Waals surface area contributed by atoms with Crippen LogP contribution in [-0.4, -0.2) is 26.3 Å². The molecule has 0 radical (unpaired) electrons. The molecule has 0 spiro atoms. The lowest BCUT2D eigenvalue weighted by atomic mass is 10.0. The maximum Gasteiger partial charge on any atom is 0.160 e. The highest BCUT2D eigenvalue weighted by atomic mass is 15.3. The fourth-order valence-electron chi connectivity index (χ4n) is 2.39. The van der Waals surface area contributed by atoms with Gasteiger partial charge in [-0.05, 0) is 37.6 Å². The number of hydrogen-bond acceptors (Lipinski definition) is 4. The van der Waals surface area contributed by atoms with Crippen LogP contribution in [0.4, 0.5) is 5.82 Å². The van der Waals surface area contributed by atoms with E-state index in [0.29, 0.717) is 0 Å². The molecule has 102 valence electrons. The molecule has 5 nitrogen and oxygen atoms in total. The number of pyridine rings is 2. The number of aryl methyl sites for hydroxylation is 2. The summed E-state index contributed by atoms with van der Waals surface area (Å²) in [7, 11) is 1.92. The maximum atomic E-state index is 4.69. The number of nitrogens with one attached hydrogen (secondary N) is 1. The molecule has 0 aliphatic heterocycles. The lowest BCUT2D eigenvalue weighted by Gasteiger charge is -2.06. The van der Waals surface area contributed by atoms with Gasteiger partial charge in [-0.3, -0.25) is 4.98 Å². The van der Waals surface area contributed by atoms with Crippen LogP contribution in [0.25, 0.3) is 22.2 Å². The molecule has 20 heavy (non-hydrogen) atoms. The van der Waals surface area contributed by atoms with Crippen molar-refractivity contribution in [3.63, 3.8) is 0 Å². The van der Waals surface area contributed by atoms with E-state index in [0.717, 1.165) is 40.2 Å². The maximum absolute atomic E-state index is 4.69. The van der Waals surface area contributed by atoms with E-state index < -0.39 is 0 Å². The number of aromatic nitrogens is 4. The molecule has 3 rings (SSSR count). The topological polar surface area (TPSA) is 55.6 Å². The van der Waals surface area contributed by atoms with E-state index in [9.17, 15) is 0 Å². The van der Waals surface area contributed by atoms with E-state index in [2.05, 4.69) is 28.4 Å². The number of rotatable bonds is 3. The summed E-state index contributed by atoms with van der Waals surface area (Å²) >= 11 is 0. The van der Waals surface area contributed by atoms with Gasteiger partial charge in [-0.2, -0.15) is 5.10 Å². The van der Waals surface area contributed by atoms with Crippen LogP contribution in [0.1, 0.15) is 12.6 Å². The van der Waals surface area contributed by atoms with Crippen LogP contribution in [0.3, 0.4) is 0 Å². The summed E-state index contributed by atoms with van der Waals surface area (Å²) in [5.74, 6) is 0.882. The monoisotopic (exact) mass is 267 g/mol. The van der Waals surface area contributed by atoms with Gasteiger partial charge in [-0.15, -0.1) is 0 Å². The Morgan fingerprint density at radius 1 is 1.25 bits per heavy atom. The molecule has 0 aliphatic carbocycles. The molecular formula is C15H17N5. The van der Waals surface area contributed by atoms with Crippen LogP contribution >= 0.6 is 0 Å². The first-order valence-corrected chi connectivity index (χ1v) is 6.69. The van der Waals surface area contributed by atoms with E-state index in [1.165, 1.54) is 0 Å². The van der Waals surface area contributed by atoms with Gasteiger partial charge >= 0.3 is 0 Å². The second kappa shape index (κ2) is 4.92. The first-order valence-electron chi connectivity index (χ1n) is 6.69. The Morgan fingerprint density at radius 2 is 2.00 bits per heavy atom. The van der Waals surface area contributed by atoms with Crippen molar-refractivity contribution in [1.82, 2.24) is 19.7 Å². The normalized spacial score (nSPS) is 10.9. The Balaban J connectivity index is 2.24. The number of fused-ring (bicyclic) bond motifs is 1. The second-order valence-electron chi connectivity index (χ2n) is 4.73. The van der Waals surface area contributed by atoms with Gasteiger partial charge in [0.05, 0.1) is 5.39 Å². The van der Waals surface area contributed by atoms with Crippen molar-refractivity contribution >= 4 is 16.9 Å². The molecule has 3 aromatic heterocycles. The number of anilines is 1. The van der Waals surface area contributed by atoms with Crippen LogP contribution in [-0.2, 0) is 7.05 Å². The summed E-state index contributed by atoms with van der Waals surface area (Å²) in [6.45, 7) is 4.92. The summed E-state index contributed by atoms with van der Waals surface area (Å²) in [6.07, 6.45) is 3.60. The molecule has 0 saturated heterocycles. The van der Waals surface area contributed by atoms with Crippen molar-refractivity contribution in [3.8, 4) is 11.1 Å². The molecule has 0 atom stereocenters. The number of hydrogen-bond donors (Lipinski definition) is 1. The van der Waals surface area contributed by atoms with Gasteiger partial charge < -0.3 is 5.32 Å². The fourth-order valence-corrected chi connectivity index (χ4v) is 2.39. The largest absolute Gasteiger partial charge is 0.368 e. The molecule has 0 fully saturated rings. The van der Waals surface area contributed by atoms with Crippen LogP contribution < -0.4 is 5.32 Å². The third kappa shape index (κ3) is 2.01. The van der Waals surface area contributed by atoms with Crippen LogP contribution in [0, 0.1) is 6.92 Å². The Kier molecular flexibility index (Phi) is 3.10. The molecule has 0 aliphatic rings. The summed E-state index contributed by atoms with van der Waals surface area (Å²) < 4.78 is 1.82. The van der Waals surface area contributed by atoms with Crippen molar-refractivity contribution in [2.75, 3.05) is 11.9 Å². The van der Waals surface area contributed by atoms with Crippen molar-refractivity contribution < 1.29 is 0 Å². The Labute approximate surface area is 117 Å². The summed E-state index contributed by atoms with van der Waals surface area (Å²) in [5.41, 5.74) is 4.14. The third-order valence-corrected chi connectivity index (χ3v) is 3.34. The zero-order chi connectivity index (χ0) is 14.1. The van der Waals surface area contributed by atoms with E-state index in [-0.39, 0.29) is 0 Å². The van der Waals surface area contributed by atoms with Crippen molar-refractivity contribution in [2.24, 2.45) is 7.05 Å². The van der Waals surface area contributed by atoms with E-state index >= 15 is 0 Å². The smallest absolute Gasteiger partial charge is 0.160 e. The molecule has 3 aromatic rings. The van der Waals surface area contributed by atoms with Crippen molar-refractivity contribution in [3.05, 3.63) is 36.3 Å². The predicted molar refractivity (Wildman–Crippen MR) is 80.6 cm³/mol. The first kappa shape index (κ1) is 12.6. The van der Waals surface area contributed by atoms with E-state index in [1.807, 2.05) is 30.8 Å². The fraction of sp³-hybridized carbons (Fsp3) is 0.267. The minimum absolute atomic E-state index is 0.838. The lowest BCUT2D eigenvalue weighted by molar-refractivity contribution is 0.786. The molecule has 0 bridgehead atoms. The van der Waals surface area contributed by atoms with Crippen molar-refractivity contribution in [2.45, 2.75) is 13.8 Å². The average molecular weight is 267 g/mol. The standard InChI is InChI=1S/C15H17N5/c1-4-17-14-13-9-12(11-5-7-16-8-6-11)10(2)18-15(13)20(3)19-14/h5-9H,4H2,1-3H3,(H,17,19). The van der Waals surface area contributed by atoms with Gasteiger partial charge in [0.25, 0.3) is 0 Å². The molecule has 0 amide bonds. The third-order valence-electron chi connectivity index (χ3n) is 3.34. The minimum Gasteiger partial charge on any atom is -0.368 e. The second-order valence-corrected chi connectivity index (χ2v) is 4.73. The van der Waals surface area contributed by atoms with E-state index in [4.69, 9.17) is 4.98 Å². The van der Waals surface area contributed by atoms with Gasteiger partial charge in [0.15, 0.2) is 11.5 Å². The van der Waals surface area contributed by atoms with E-state index in [1.54, 1.807) is 12.4 Å². The van der Waals surface area contributed by atoms with Gasteiger partial charge in [0, 0.05) is 37.2 Å². The number of nitrogens with zero attached hydrogens (tertiary/aromatic N) is 4. The molecule has 1 N–H and O–H groups in total. The Bertz CT molecular complexity index is 746. The predicted octanol–water partition coefficient (Wildman–Crippen LogP) is 2.77. The zero-order valence-electron chi connectivity index (χ0n) is 11.9. The molecular weight excluding hydrogens is 250 g/mol. The highest BCUT2D eigenvalue weighted by Gasteiger charge is 2.13. The summed E-state index contributed by atoms with van der Waals surface area (Å²) in [5, 5.41) is 8.82. The molecule has 0 aromatic carbocycles. The van der Waals surface area contributed by atoms with Gasteiger partial charge in [0.1, 0.15) is 0 Å². The van der Waals surface area contributed by atoms with Crippen LogP contribution in [0.5, 0.6) is 0 Å². The molecule has 3 heterocycles. The summed E-state index contributed by atoms with van der Waals surface area (Å²) in [4.78, 5) is 8.76. The summed E-state index contributed by atoms with van der Waals surface area (Å²) in [6, 6.07) is 6.15. The highest BCUT2D eigenvalue weighted by Crippen LogP contribution is 2.29. The highest BCUT2D eigenvalue weighted by molar-refractivity contribution is 5.91. The average Bonchev–Trinajstić information content (AvgIpc) is 2.75. The molecule has 0 unspecified atom stereocenters. The molecule has 5 heteroatoms. The first-order chi connectivity index (χ1) is 9.70.